The van der Waals surface area contributed by atoms with E-state index >= 15 is 0 Å². The minimum Gasteiger partial charge on any atom is -0.481 e. The molecule has 2 heterocycles. The van der Waals surface area contributed by atoms with E-state index in [2.05, 4.69) is 42.0 Å². The van der Waals surface area contributed by atoms with Gasteiger partial charge in [0, 0.05) is 25.6 Å². The predicted octanol–water partition coefficient (Wildman–Crippen LogP) is 3.30. The Balaban J connectivity index is 2.34. The second kappa shape index (κ2) is 7.66. The van der Waals surface area contributed by atoms with Crippen molar-refractivity contribution in [1.82, 2.24) is 10.3 Å². The molecule has 2 rings (SSSR count). The monoisotopic (exact) mass is 319 g/mol. The molecule has 0 saturated carbocycles. The fourth-order valence-corrected chi connectivity index (χ4v) is 3.45. The first kappa shape index (κ1) is 17.6. The van der Waals surface area contributed by atoms with E-state index in [1.807, 2.05) is 6.07 Å². The first-order valence-corrected chi connectivity index (χ1v) is 8.54. The number of aromatic nitrogens is 1. The van der Waals surface area contributed by atoms with E-state index in [0.29, 0.717) is 17.8 Å². The third kappa shape index (κ3) is 4.15. The van der Waals surface area contributed by atoms with Crippen LogP contribution in [0.1, 0.15) is 58.7 Å². The van der Waals surface area contributed by atoms with Gasteiger partial charge in [0.2, 0.25) is 11.8 Å². The highest BCUT2D eigenvalue weighted by atomic mass is 16.5. The Hall–Kier alpha value is -1.78. The summed E-state index contributed by atoms with van der Waals surface area (Å²) >= 11 is 0. The van der Waals surface area contributed by atoms with Gasteiger partial charge in [0.05, 0.1) is 24.5 Å². The first-order valence-electron chi connectivity index (χ1n) is 8.54. The van der Waals surface area contributed by atoms with Gasteiger partial charge < -0.3 is 15.0 Å². The van der Waals surface area contributed by atoms with Crippen LogP contribution in [-0.2, 0) is 4.79 Å². The van der Waals surface area contributed by atoms with Crippen molar-refractivity contribution < 1.29 is 9.53 Å². The van der Waals surface area contributed by atoms with Crippen LogP contribution < -0.4 is 15.0 Å². The van der Waals surface area contributed by atoms with Gasteiger partial charge in [-0.25, -0.2) is 4.98 Å². The fraction of sp³-hybridized carbons (Fsp3) is 0.667. The van der Waals surface area contributed by atoms with Gasteiger partial charge in [-0.3, -0.25) is 4.79 Å². The summed E-state index contributed by atoms with van der Waals surface area (Å²) in [6.45, 7) is 9.32. The van der Waals surface area contributed by atoms with E-state index in [1.165, 1.54) is 12.8 Å². The molecule has 5 heteroatoms. The zero-order valence-electron chi connectivity index (χ0n) is 14.9. The summed E-state index contributed by atoms with van der Waals surface area (Å²) in [5.41, 5.74) is 2.03. The van der Waals surface area contributed by atoms with Gasteiger partial charge in [-0.1, -0.05) is 20.3 Å². The molecule has 1 aromatic heterocycles. The number of carbonyl (C=O) groups excluding carboxylic acids is 1. The van der Waals surface area contributed by atoms with Gasteiger partial charge in [0.15, 0.2) is 0 Å². The summed E-state index contributed by atoms with van der Waals surface area (Å²) in [6.07, 6.45) is 3.29. The maximum absolute atomic E-state index is 11.5. The minimum absolute atomic E-state index is 0.0226. The lowest BCUT2D eigenvalue weighted by atomic mass is 9.93. The Labute approximate surface area is 139 Å². The molecule has 1 aliphatic rings. The average Bonchev–Trinajstić information content (AvgIpc) is 2.50. The second-order valence-electron chi connectivity index (χ2n) is 6.64. The molecular weight excluding hydrogens is 290 g/mol. The Morgan fingerprint density at radius 1 is 1.52 bits per heavy atom. The summed E-state index contributed by atoms with van der Waals surface area (Å²) in [6, 6.07) is 4.29. The molecule has 1 aromatic rings. The summed E-state index contributed by atoms with van der Waals surface area (Å²) < 4.78 is 5.27. The van der Waals surface area contributed by atoms with Crippen LogP contribution in [0.15, 0.2) is 12.1 Å². The molecule has 1 amide bonds. The Bertz CT molecular complexity index is 547. The molecule has 0 saturated heterocycles. The number of nitrogens with one attached hydrogen (secondary N) is 1. The minimum atomic E-state index is -0.0506. The number of hydrogen-bond acceptors (Lipinski definition) is 4. The normalized spacial score (nSPS) is 21.5. The summed E-state index contributed by atoms with van der Waals surface area (Å²) in [4.78, 5) is 18.6. The van der Waals surface area contributed by atoms with E-state index in [9.17, 15) is 4.79 Å². The highest BCUT2D eigenvalue weighted by Gasteiger charge is 2.32. The van der Waals surface area contributed by atoms with Crippen molar-refractivity contribution in [2.24, 2.45) is 5.92 Å². The Morgan fingerprint density at radius 3 is 2.87 bits per heavy atom. The number of rotatable bonds is 6. The van der Waals surface area contributed by atoms with Crippen molar-refractivity contribution >= 4 is 11.6 Å². The molecule has 3 unspecified atom stereocenters. The van der Waals surface area contributed by atoms with Crippen LogP contribution in [0.3, 0.4) is 0 Å². The van der Waals surface area contributed by atoms with Crippen LogP contribution in [0.4, 0.5) is 5.69 Å². The molecule has 1 N–H and O–H groups in total. The molecule has 3 atom stereocenters. The summed E-state index contributed by atoms with van der Waals surface area (Å²) in [5.74, 6) is 1.20. The lowest BCUT2D eigenvalue weighted by Gasteiger charge is -2.41. The van der Waals surface area contributed by atoms with Crippen molar-refractivity contribution in [2.75, 3.05) is 18.6 Å². The van der Waals surface area contributed by atoms with Gasteiger partial charge in [-0.15, -0.1) is 0 Å². The van der Waals surface area contributed by atoms with Crippen molar-refractivity contribution in [3.63, 3.8) is 0 Å². The summed E-state index contributed by atoms with van der Waals surface area (Å²) in [5, 5.41) is 3.04. The lowest BCUT2D eigenvalue weighted by Crippen LogP contribution is -2.45. The molecule has 0 fully saturated rings. The zero-order chi connectivity index (χ0) is 17.0. The van der Waals surface area contributed by atoms with Crippen LogP contribution >= 0.6 is 0 Å². The average molecular weight is 319 g/mol. The van der Waals surface area contributed by atoms with Crippen molar-refractivity contribution in [3.8, 4) is 5.88 Å². The number of amides is 1. The van der Waals surface area contributed by atoms with E-state index in [1.54, 1.807) is 14.0 Å². The van der Waals surface area contributed by atoms with Crippen LogP contribution in [0.5, 0.6) is 5.88 Å². The highest BCUT2D eigenvalue weighted by molar-refractivity contribution is 5.74. The molecule has 0 radical (unpaired) electrons. The van der Waals surface area contributed by atoms with Crippen LogP contribution in [-0.4, -0.2) is 30.6 Å². The summed E-state index contributed by atoms with van der Waals surface area (Å²) in [7, 11) is 1.62. The molecular formula is C18H29N3O2. The number of pyridine rings is 1. The van der Waals surface area contributed by atoms with Crippen molar-refractivity contribution in [3.05, 3.63) is 17.8 Å². The number of nitrogens with zero attached hydrogens (tertiary/aromatic N) is 2. The molecule has 0 spiro atoms. The SMILES string of the molecule is CCCC(C)CN1c2ccc(OC)nc2C(NC(C)=O)CC1C. The molecule has 0 aromatic carbocycles. The van der Waals surface area contributed by atoms with Crippen molar-refractivity contribution in [2.45, 2.75) is 59.0 Å². The zero-order valence-corrected chi connectivity index (χ0v) is 14.9. The predicted molar refractivity (Wildman–Crippen MR) is 92.8 cm³/mol. The number of anilines is 1. The fourth-order valence-electron chi connectivity index (χ4n) is 3.45. The smallest absolute Gasteiger partial charge is 0.217 e. The van der Waals surface area contributed by atoms with Crippen LogP contribution in [0.25, 0.3) is 0 Å². The largest absolute Gasteiger partial charge is 0.481 e. The van der Waals surface area contributed by atoms with E-state index in [4.69, 9.17) is 4.74 Å². The third-order valence-corrected chi connectivity index (χ3v) is 4.50. The molecule has 128 valence electrons. The third-order valence-electron chi connectivity index (χ3n) is 4.50. The molecule has 23 heavy (non-hydrogen) atoms. The maximum atomic E-state index is 11.5. The Kier molecular flexibility index (Phi) is 5.85. The van der Waals surface area contributed by atoms with Gasteiger partial charge >= 0.3 is 0 Å². The van der Waals surface area contributed by atoms with Gasteiger partial charge in [-0.05, 0) is 31.7 Å². The number of ether oxygens (including phenoxy) is 1. The van der Waals surface area contributed by atoms with E-state index in [0.717, 1.165) is 24.3 Å². The van der Waals surface area contributed by atoms with E-state index < -0.39 is 0 Å². The number of carbonyl (C=O) groups is 1. The van der Waals surface area contributed by atoms with Crippen LogP contribution in [0, 0.1) is 5.92 Å². The van der Waals surface area contributed by atoms with Gasteiger partial charge in [0.1, 0.15) is 0 Å². The van der Waals surface area contributed by atoms with E-state index in [-0.39, 0.29) is 11.9 Å². The van der Waals surface area contributed by atoms with Crippen molar-refractivity contribution in [1.29, 1.82) is 0 Å². The number of hydrogen-bond donors (Lipinski definition) is 1. The van der Waals surface area contributed by atoms with Gasteiger partial charge in [-0.2, -0.15) is 0 Å². The molecule has 0 aliphatic carbocycles. The standard InChI is InChI=1S/C18H29N3O2/c1-6-7-12(2)11-21-13(3)10-15(19-14(4)22)18-16(21)8-9-17(20-18)23-5/h8-9,12-13,15H,6-7,10-11H2,1-5H3,(H,19,22). The number of fused-ring (bicyclic) bond motifs is 1. The second-order valence-corrected chi connectivity index (χ2v) is 6.64. The van der Waals surface area contributed by atoms with Gasteiger partial charge in [0.25, 0.3) is 0 Å². The lowest BCUT2D eigenvalue weighted by molar-refractivity contribution is -0.119. The Morgan fingerprint density at radius 2 is 2.26 bits per heavy atom. The molecule has 1 aliphatic heterocycles. The molecule has 0 bridgehead atoms. The quantitative estimate of drug-likeness (QED) is 0.874. The highest BCUT2D eigenvalue weighted by Crippen LogP contribution is 2.37. The molecule has 5 nitrogen and oxygen atoms in total. The number of methoxy groups -OCH3 is 1. The topological polar surface area (TPSA) is 54.5 Å². The maximum Gasteiger partial charge on any atom is 0.217 e. The first-order chi connectivity index (χ1) is 11.0. The van der Waals surface area contributed by atoms with Crippen LogP contribution in [0.2, 0.25) is 0 Å².